The zero-order valence-corrected chi connectivity index (χ0v) is 17.3. The monoisotopic (exact) mass is 410 g/mol. The predicted molar refractivity (Wildman–Crippen MR) is 114 cm³/mol. The Bertz CT molecular complexity index is 1050. The van der Waals surface area contributed by atoms with E-state index in [2.05, 4.69) is 34.5 Å². The first-order valence-electron chi connectivity index (χ1n) is 10.6. The minimum Gasteiger partial charge on any atom is -0.488 e. The summed E-state index contributed by atoms with van der Waals surface area (Å²) in [6.45, 7) is 8.68. The first-order valence-corrected chi connectivity index (χ1v) is 10.6. The molecule has 0 aliphatic carbocycles. The van der Waals surface area contributed by atoms with Gasteiger partial charge in [-0.05, 0) is 30.2 Å². The quantitative estimate of drug-likeness (QED) is 0.643. The molecule has 1 aromatic carbocycles. The number of hydrogen-bond donors (Lipinski definition) is 2. The third kappa shape index (κ3) is 3.73. The lowest BCUT2D eigenvalue weighted by atomic mass is 10.0. The van der Waals surface area contributed by atoms with E-state index in [1.165, 1.54) is 6.07 Å². The highest BCUT2D eigenvalue weighted by Gasteiger charge is 2.27. The van der Waals surface area contributed by atoms with Gasteiger partial charge in [-0.15, -0.1) is 0 Å². The number of halogens is 1. The van der Waals surface area contributed by atoms with Crippen LogP contribution in [0.4, 0.5) is 10.2 Å². The molecule has 0 saturated carbocycles. The molecule has 2 N–H and O–H groups in total. The summed E-state index contributed by atoms with van der Waals surface area (Å²) >= 11 is 0. The lowest BCUT2D eigenvalue weighted by molar-refractivity contribution is 0.152. The zero-order valence-electron chi connectivity index (χ0n) is 17.3. The van der Waals surface area contributed by atoms with Crippen molar-refractivity contribution in [1.29, 1.82) is 0 Å². The van der Waals surface area contributed by atoms with Gasteiger partial charge in [0, 0.05) is 56.1 Å². The van der Waals surface area contributed by atoms with Gasteiger partial charge in [0.25, 0.3) is 0 Å². The minimum absolute atomic E-state index is 0.0156. The Kier molecular flexibility index (Phi) is 5.04. The van der Waals surface area contributed by atoms with Gasteiger partial charge >= 0.3 is 0 Å². The van der Waals surface area contributed by atoms with Crippen LogP contribution in [0, 0.1) is 11.7 Å². The van der Waals surface area contributed by atoms with Gasteiger partial charge in [-0.25, -0.2) is 13.9 Å². The molecule has 3 atom stereocenters. The van der Waals surface area contributed by atoms with Gasteiger partial charge in [-0.1, -0.05) is 13.8 Å². The molecular weight excluding hydrogens is 383 g/mol. The first-order chi connectivity index (χ1) is 14.6. The summed E-state index contributed by atoms with van der Waals surface area (Å²) in [5, 5.41) is 11.4. The smallest absolute Gasteiger partial charge is 0.165 e. The van der Waals surface area contributed by atoms with E-state index in [1.54, 1.807) is 22.8 Å². The second-order valence-corrected chi connectivity index (χ2v) is 8.47. The van der Waals surface area contributed by atoms with E-state index in [4.69, 9.17) is 9.72 Å². The van der Waals surface area contributed by atoms with Gasteiger partial charge in [0.15, 0.2) is 5.65 Å². The van der Waals surface area contributed by atoms with Crippen LogP contribution in [0.3, 0.4) is 0 Å². The highest BCUT2D eigenvalue weighted by Crippen LogP contribution is 2.30. The molecule has 3 aromatic rings. The molecule has 7 nitrogen and oxygen atoms in total. The van der Waals surface area contributed by atoms with Gasteiger partial charge < -0.3 is 15.4 Å². The van der Waals surface area contributed by atoms with Crippen LogP contribution >= 0.6 is 0 Å². The van der Waals surface area contributed by atoms with Crippen molar-refractivity contribution in [3.8, 4) is 16.9 Å². The van der Waals surface area contributed by atoms with Crippen LogP contribution in [0.1, 0.15) is 13.8 Å². The Morgan fingerprint density at radius 1 is 1.20 bits per heavy atom. The van der Waals surface area contributed by atoms with E-state index >= 15 is 0 Å². The van der Waals surface area contributed by atoms with Gasteiger partial charge in [0.1, 0.15) is 23.5 Å². The number of anilines is 1. The highest BCUT2D eigenvalue weighted by atomic mass is 19.1. The molecule has 2 aromatic heterocycles. The largest absolute Gasteiger partial charge is 0.488 e. The molecule has 5 rings (SSSR count). The van der Waals surface area contributed by atoms with Crippen LogP contribution in [0.25, 0.3) is 16.8 Å². The summed E-state index contributed by atoms with van der Waals surface area (Å²) in [5.74, 6) is 1.64. The maximum Gasteiger partial charge on any atom is 0.165 e. The van der Waals surface area contributed by atoms with Crippen molar-refractivity contribution in [1.82, 2.24) is 24.8 Å². The summed E-state index contributed by atoms with van der Waals surface area (Å²) in [6, 6.07) is 7.22. The molecule has 1 fully saturated rings. The molecule has 2 aliphatic rings. The van der Waals surface area contributed by atoms with Crippen molar-refractivity contribution in [2.75, 3.05) is 38.0 Å². The SMILES string of the molecule is CC(C)C1CN2CCNc3ccn4ncc(c4n3)-c3cc(ccc3F)OC(CN1)C2. The summed E-state index contributed by atoms with van der Waals surface area (Å²) in [7, 11) is 0. The molecule has 158 valence electrons. The average molecular weight is 410 g/mol. The van der Waals surface area contributed by atoms with Crippen LogP contribution < -0.4 is 15.4 Å². The van der Waals surface area contributed by atoms with E-state index < -0.39 is 0 Å². The van der Waals surface area contributed by atoms with E-state index in [9.17, 15) is 4.39 Å². The van der Waals surface area contributed by atoms with Gasteiger partial charge in [0.2, 0.25) is 0 Å². The van der Waals surface area contributed by atoms with Crippen LogP contribution in [0.2, 0.25) is 0 Å². The maximum absolute atomic E-state index is 14.7. The fourth-order valence-electron chi connectivity index (χ4n) is 4.24. The molecule has 0 amide bonds. The topological polar surface area (TPSA) is 66.7 Å². The molecule has 0 radical (unpaired) electrons. The van der Waals surface area contributed by atoms with Crippen molar-refractivity contribution >= 4 is 11.5 Å². The second-order valence-electron chi connectivity index (χ2n) is 8.47. The second kappa shape index (κ2) is 7.85. The fourth-order valence-corrected chi connectivity index (χ4v) is 4.24. The molecule has 8 heteroatoms. The van der Waals surface area contributed by atoms with Gasteiger partial charge in [-0.3, -0.25) is 4.90 Å². The molecular formula is C22H27FN6O. The minimum atomic E-state index is -0.315. The average Bonchev–Trinajstić information content (AvgIpc) is 3.03. The van der Waals surface area contributed by atoms with Crippen molar-refractivity contribution in [3.63, 3.8) is 0 Å². The standard InChI is InChI=1S/C22H27FN6O/c1-14(2)20-13-28-8-6-24-21-5-7-29-22(27-21)18(11-26-29)17-9-15(3-4-19(17)23)30-16(12-28)10-25-20/h3-5,7,9,11,14,16,20,25H,6,8,10,12-13H2,1-2H3,(H,24,27). The van der Waals surface area contributed by atoms with Crippen LogP contribution in [-0.4, -0.2) is 64.4 Å². The summed E-state index contributed by atoms with van der Waals surface area (Å²) in [6.07, 6.45) is 3.49. The zero-order chi connectivity index (χ0) is 20.7. The molecule has 0 spiro atoms. The van der Waals surface area contributed by atoms with Crippen LogP contribution in [0.15, 0.2) is 36.7 Å². The molecule has 6 bridgehead atoms. The number of hydrogen-bond acceptors (Lipinski definition) is 6. The van der Waals surface area contributed by atoms with Crippen molar-refractivity contribution < 1.29 is 9.13 Å². The van der Waals surface area contributed by atoms with Crippen molar-refractivity contribution in [3.05, 3.63) is 42.5 Å². The molecule has 2 aliphatic heterocycles. The van der Waals surface area contributed by atoms with Crippen LogP contribution in [-0.2, 0) is 0 Å². The summed E-state index contributed by atoms with van der Waals surface area (Å²) in [4.78, 5) is 7.12. The highest BCUT2D eigenvalue weighted by molar-refractivity contribution is 5.78. The number of ether oxygens (including phenoxy) is 1. The fraction of sp³-hybridized carbons (Fsp3) is 0.455. The van der Waals surface area contributed by atoms with Crippen molar-refractivity contribution in [2.24, 2.45) is 5.92 Å². The molecule has 4 heterocycles. The normalized spacial score (nSPS) is 24.2. The lowest BCUT2D eigenvalue weighted by Crippen LogP contribution is -2.42. The number of nitrogens with one attached hydrogen (secondary N) is 2. The van der Waals surface area contributed by atoms with Crippen molar-refractivity contribution in [2.45, 2.75) is 26.0 Å². The maximum atomic E-state index is 14.7. The number of fused-ring (bicyclic) bond motifs is 6. The van der Waals surface area contributed by atoms with E-state index in [0.717, 1.165) is 38.5 Å². The Labute approximate surface area is 175 Å². The Morgan fingerprint density at radius 3 is 2.97 bits per heavy atom. The third-order valence-electron chi connectivity index (χ3n) is 5.96. The van der Waals surface area contributed by atoms with E-state index in [1.807, 2.05) is 12.3 Å². The molecule has 1 saturated heterocycles. The molecule has 30 heavy (non-hydrogen) atoms. The van der Waals surface area contributed by atoms with E-state index in [-0.39, 0.29) is 11.9 Å². The number of nitrogens with zero attached hydrogens (tertiary/aromatic N) is 4. The summed E-state index contributed by atoms with van der Waals surface area (Å²) in [5.41, 5.74) is 1.72. The number of aromatic nitrogens is 3. The van der Waals surface area contributed by atoms with Gasteiger partial charge in [-0.2, -0.15) is 5.10 Å². The summed E-state index contributed by atoms with van der Waals surface area (Å²) < 4.78 is 22.7. The number of rotatable bonds is 1. The van der Waals surface area contributed by atoms with Gasteiger partial charge in [0.05, 0.1) is 6.20 Å². The predicted octanol–water partition coefficient (Wildman–Crippen LogP) is 2.64. The van der Waals surface area contributed by atoms with E-state index in [0.29, 0.717) is 34.5 Å². The Hall–Kier alpha value is -2.71. The Balaban J connectivity index is 1.56. The molecule has 3 unspecified atom stereocenters. The Morgan fingerprint density at radius 2 is 2.10 bits per heavy atom. The lowest BCUT2D eigenvalue weighted by Gasteiger charge is -2.27. The number of benzene rings is 1. The third-order valence-corrected chi connectivity index (χ3v) is 5.96. The first kappa shape index (κ1) is 19.3. The van der Waals surface area contributed by atoms with Crippen LogP contribution in [0.5, 0.6) is 5.75 Å².